The molecule has 0 aromatic heterocycles. The summed E-state index contributed by atoms with van der Waals surface area (Å²) in [5.74, 6) is 0. The highest BCUT2D eigenvalue weighted by Gasteiger charge is 2.02. The van der Waals surface area contributed by atoms with Crippen molar-refractivity contribution in [3.63, 3.8) is 0 Å². The smallest absolute Gasteiger partial charge is 0.0594 e. The predicted octanol–water partition coefficient (Wildman–Crippen LogP) is 1.09. The fourth-order valence-electron chi connectivity index (χ4n) is 1.27. The van der Waals surface area contributed by atoms with E-state index in [0.717, 1.165) is 26.3 Å². The van der Waals surface area contributed by atoms with Crippen molar-refractivity contribution in [2.75, 3.05) is 33.4 Å². The second-order valence-corrected chi connectivity index (χ2v) is 3.61. The van der Waals surface area contributed by atoms with Gasteiger partial charge < -0.3 is 15.4 Å². The third kappa shape index (κ3) is 5.52. The molecule has 1 heterocycles. The average molecular weight is 208 g/mol. The summed E-state index contributed by atoms with van der Waals surface area (Å²) in [7, 11) is 2.11. The van der Waals surface area contributed by atoms with Crippen LogP contribution in [0.1, 0.15) is 5.56 Å². The van der Waals surface area contributed by atoms with Gasteiger partial charge in [0.2, 0.25) is 0 Å². The Kier molecular flexibility index (Phi) is 6.00. The average Bonchev–Trinajstić information content (AvgIpc) is 2.32. The summed E-state index contributed by atoms with van der Waals surface area (Å²) in [5, 5.41) is 0. The predicted molar refractivity (Wildman–Crippen MR) is 62.6 cm³/mol. The van der Waals surface area contributed by atoms with E-state index < -0.39 is 0 Å². The Morgan fingerprint density at radius 3 is 2.13 bits per heavy atom. The van der Waals surface area contributed by atoms with Gasteiger partial charge >= 0.3 is 0 Å². The van der Waals surface area contributed by atoms with Gasteiger partial charge in [-0.2, -0.15) is 0 Å². The van der Waals surface area contributed by atoms with Crippen molar-refractivity contribution in [3.8, 4) is 0 Å². The summed E-state index contributed by atoms with van der Waals surface area (Å²) < 4.78 is 5.10. The van der Waals surface area contributed by atoms with Crippen LogP contribution in [0.15, 0.2) is 30.3 Å². The quantitative estimate of drug-likeness (QED) is 0.751. The zero-order valence-corrected chi connectivity index (χ0v) is 9.36. The molecular formula is C12H20N2O. The molecule has 84 valence electrons. The molecule has 0 radical (unpaired) electrons. The van der Waals surface area contributed by atoms with Crippen LogP contribution >= 0.6 is 0 Å². The maximum absolute atomic E-state index is 5.35. The number of morpholine rings is 1. The molecular weight excluding hydrogens is 188 g/mol. The maximum Gasteiger partial charge on any atom is 0.0594 e. The molecule has 0 atom stereocenters. The fraction of sp³-hybridized carbons (Fsp3) is 0.500. The number of nitrogens with two attached hydrogens (primary N) is 1. The zero-order chi connectivity index (χ0) is 10.9. The molecule has 15 heavy (non-hydrogen) atoms. The van der Waals surface area contributed by atoms with Crippen LogP contribution in [0.2, 0.25) is 0 Å². The summed E-state index contributed by atoms with van der Waals surface area (Å²) in [6, 6.07) is 9.99. The van der Waals surface area contributed by atoms with E-state index in [0.29, 0.717) is 6.54 Å². The van der Waals surface area contributed by atoms with Crippen LogP contribution in [0.5, 0.6) is 0 Å². The van der Waals surface area contributed by atoms with Crippen molar-refractivity contribution in [2.45, 2.75) is 6.54 Å². The van der Waals surface area contributed by atoms with Gasteiger partial charge in [-0.25, -0.2) is 0 Å². The lowest BCUT2D eigenvalue weighted by Crippen LogP contribution is -2.32. The number of ether oxygens (including phenoxy) is 1. The van der Waals surface area contributed by atoms with Crippen LogP contribution in [0.25, 0.3) is 0 Å². The van der Waals surface area contributed by atoms with Gasteiger partial charge in [0.1, 0.15) is 0 Å². The molecule has 3 nitrogen and oxygen atoms in total. The lowest BCUT2D eigenvalue weighted by molar-refractivity contribution is 0.0503. The van der Waals surface area contributed by atoms with Crippen LogP contribution in [-0.4, -0.2) is 38.3 Å². The first-order chi connectivity index (χ1) is 7.33. The maximum atomic E-state index is 5.35. The normalized spacial score (nSPS) is 16.7. The van der Waals surface area contributed by atoms with Crippen LogP contribution in [0.3, 0.4) is 0 Å². The number of rotatable bonds is 1. The van der Waals surface area contributed by atoms with Crippen LogP contribution in [-0.2, 0) is 11.3 Å². The van der Waals surface area contributed by atoms with Crippen LogP contribution in [0.4, 0.5) is 0 Å². The Labute approximate surface area is 91.8 Å². The molecule has 0 spiro atoms. The molecule has 0 aliphatic carbocycles. The molecule has 1 saturated heterocycles. The van der Waals surface area contributed by atoms with Gasteiger partial charge in [0.05, 0.1) is 13.2 Å². The Balaban J connectivity index is 0.000000151. The fourth-order valence-corrected chi connectivity index (χ4v) is 1.27. The van der Waals surface area contributed by atoms with E-state index in [9.17, 15) is 0 Å². The lowest BCUT2D eigenvalue weighted by Gasteiger charge is -2.21. The minimum Gasteiger partial charge on any atom is -0.379 e. The van der Waals surface area contributed by atoms with Crippen molar-refractivity contribution in [2.24, 2.45) is 5.73 Å². The minimum absolute atomic E-state index is 0.640. The summed E-state index contributed by atoms with van der Waals surface area (Å²) in [6.07, 6.45) is 0. The largest absolute Gasteiger partial charge is 0.379 e. The van der Waals surface area contributed by atoms with E-state index in [1.54, 1.807) is 0 Å². The van der Waals surface area contributed by atoms with Crippen molar-refractivity contribution in [1.29, 1.82) is 0 Å². The van der Waals surface area contributed by atoms with Gasteiger partial charge in [-0.15, -0.1) is 0 Å². The monoisotopic (exact) mass is 208 g/mol. The second-order valence-electron chi connectivity index (χ2n) is 3.61. The molecule has 3 heteroatoms. The highest BCUT2D eigenvalue weighted by atomic mass is 16.5. The Morgan fingerprint density at radius 1 is 1.20 bits per heavy atom. The van der Waals surface area contributed by atoms with E-state index in [1.165, 1.54) is 5.56 Å². The number of likely N-dealkylation sites (N-methyl/N-ethyl adjacent to an activating group) is 1. The first-order valence-corrected chi connectivity index (χ1v) is 5.33. The molecule has 1 aliphatic rings. The summed E-state index contributed by atoms with van der Waals surface area (Å²) in [6.45, 7) is 4.66. The first-order valence-electron chi connectivity index (χ1n) is 5.33. The van der Waals surface area contributed by atoms with Gasteiger partial charge in [0.25, 0.3) is 0 Å². The summed E-state index contributed by atoms with van der Waals surface area (Å²) in [4.78, 5) is 2.27. The first kappa shape index (κ1) is 12.2. The molecule has 0 bridgehead atoms. The molecule has 1 aliphatic heterocycles. The van der Waals surface area contributed by atoms with Crippen LogP contribution < -0.4 is 5.73 Å². The Hall–Kier alpha value is -0.900. The molecule has 1 aromatic carbocycles. The van der Waals surface area contributed by atoms with Crippen molar-refractivity contribution < 1.29 is 4.74 Å². The molecule has 0 unspecified atom stereocenters. The number of hydrogen-bond donors (Lipinski definition) is 1. The number of benzene rings is 1. The zero-order valence-electron chi connectivity index (χ0n) is 9.36. The second kappa shape index (κ2) is 7.40. The van der Waals surface area contributed by atoms with Crippen molar-refractivity contribution >= 4 is 0 Å². The van der Waals surface area contributed by atoms with E-state index in [2.05, 4.69) is 11.9 Å². The highest BCUT2D eigenvalue weighted by Crippen LogP contribution is 1.94. The summed E-state index contributed by atoms with van der Waals surface area (Å²) >= 11 is 0. The molecule has 1 aromatic rings. The van der Waals surface area contributed by atoms with Gasteiger partial charge in [-0.1, -0.05) is 30.3 Å². The van der Waals surface area contributed by atoms with E-state index in [-0.39, 0.29) is 0 Å². The SMILES string of the molecule is CN1CCOCC1.NCc1ccccc1. The molecule has 0 amide bonds. The molecule has 0 saturated carbocycles. The van der Waals surface area contributed by atoms with Gasteiger partial charge in [-0.05, 0) is 12.6 Å². The van der Waals surface area contributed by atoms with E-state index in [1.807, 2.05) is 30.3 Å². The van der Waals surface area contributed by atoms with Gasteiger partial charge in [0, 0.05) is 19.6 Å². The van der Waals surface area contributed by atoms with Crippen molar-refractivity contribution in [3.05, 3.63) is 35.9 Å². The van der Waals surface area contributed by atoms with Crippen LogP contribution in [0, 0.1) is 0 Å². The van der Waals surface area contributed by atoms with E-state index in [4.69, 9.17) is 10.5 Å². The molecule has 1 fully saturated rings. The highest BCUT2D eigenvalue weighted by molar-refractivity contribution is 5.13. The third-order valence-corrected chi connectivity index (χ3v) is 2.31. The summed E-state index contributed by atoms with van der Waals surface area (Å²) in [5.41, 5.74) is 6.54. The topological polar surface area (TPSA) is 38.5 Å². The third-order valence-electron chi connectivity index (χ3n) is 2.31. The Bertz CT molecular complexity index is 245. The van der Waals surface area contributed by atoms with E-state index >= 15 is 0 Å². The van der Waals surface area contributed by atoms with Gasteiger partial charge in [0.15, 0.2) is 0 Å². The molecule has 2 N–H and O–H groups in total. The van der Waals surface area contributed by atoms with Gasteiger partial charge in [-0.3, -0.25) is 0 Å². The number of hydrogen-bond acceptors (Lipinski definition) is 3. The minimum atomic E-state index is 0.640. The number of nitrogens with zero attached hydrogens (tertiary/aromatic N) is 1. The molecule has 2 rings (SSSR count). The standard InChI is InChI=1S/C7H9N.C5H11NO/c8-6-7-4-2-1-3-5-7;1-6-2-4-7-5-3-6/h1-5H,6,8H2;2-5H2,1H3. The Morgan fingerprint density at radius 2 is 1.80 bits per heavy atom. The lowest BCUT2D eigenvalue weighted by atomic mass is 10.2. The van der Waals surface area contributed by atoms with Crippen molar-refractivity contribution in [1.82, 2.24) is 4.90 Å².